The van der Waals surface area contributed by atoms with Gasteiger partial charge in [0, 0.05) is 29.4 Å². The first-order valence-corrected chi connectivity index (χ1v) is 8.12. The molecule has 3 rings (SSSR count). The van der Waals surface area contributed by atoms with Crippen LogP contribution in [0.15, 0.2) is 34.7 Å². The molecule has 0 unspecified atom stereocenters. The number of nitrogens with one attached hydrogen (secondary N) is 1. The van der Waals surface area contributed by atoms with Crippen molar-refractivity contribution in [2.75, 3.05) is 6.54 Å². The van der Waals surface area contributed by atoms with Crippen LogP contribution >= 0.6 is 22.7 Å². The molecule has 3 aromatic heterocycles. The third kappa shape index (κ3) is 2.82. The van der Waals surface area contributed by atoms with Gasteiger partial charge >= 0.3 is 0 Å². The molecular formula is C14H15N3OS2. The van der Waals surface area contributed by atoms with E-state index in [4.69, 9.17) is 0 Å². The van der Waals surface area contributed by atoms with Gasteiger partial charge in [-0.1, -0.05) is 0 Å². The highest BCUT2D eigenvalue weighted by Crippen LogP contribution is 2.14. The molecule has 0 saturated heterocycles. The van der Waals surface area contributed by atoms with Gasteiger partial charge in [-0.25, -0.2) is 4.98 Å². The van der Waals surface area contributed by atoms with Crippen molar-refractivity contribution in [1.82, 2.24) is 14.9 Å². The summed E-state index contributed by atoms with van der Waals surface area (Å²) in [6, 6.07) is 6.14. The molecule has 3 aromatic rings. The van der Waals surface area contributed by atoms with Crippen LogP contribution in [0.1, 0.15) is 9.75 Å². The maximum absolute atomic E-state index is 12.2. The molecule has 0 fully saturated rings. The molecule has 6 heteroatoms. The van der Waals surface area contributed by atoms with Gasteiger partial charge < -0.3 is 5.32 Å². The van der Waals surface area contributed by atoms with Gasteiger partial charge in [-0.05, 0) is 30.5 Å². The molecule has 0 spiro atoms. The zero-order valence-corrected chi connectivity index (χ0v) is 12.8. The minimum Gasteiger partial charge on any atom is -0.310 e. The molecule has 0 radical (unpaired) electrons. The van der Waals surface area contributed by atoms with Gasteiger partial charge in [0.1, 0.15) is 4.70 Å². The summed E-state index contributed by atoms with van der Waals surface area (Å²) >= 11 is 3.25. The summed E-state index contributed by atoms with van der Waals surface area (Å²) < 4.78 is 2.41. The van der Waals surface area contributed by atoms with E-state index in [1.807, 2.05) is 11.4 Å². The number of rotatable bonds is 5. The predicted octanol–water partition coefficient (Wildman–Crippen LogP) is 2.62. The maximum atomic E-state index is 12.2. The number of hydrogen-bond acceptors (Lipinski definition) is 5. The van der Waals surface area contributed by atoms with Crippen molar-refractivity contribution in [2.45, 2.75) is 20.0 Å². The van der Waals surface area contributed by atoms with Crippen LogP contribution in [-0.2, 0) is 13.1 Å². The molecule has 4 nitrogen and oxygen atoms in total. The number of thiophene rings is 2. The van der Waals surface area contributed by atoms with Gasteiger partial charge in [-0.2, -0.15) is 0 Å². The molecule has 0 aliphatic heterocycles. The molecule has 3 heterocycles. The van der Waals surface area contributed by atoms with Crippen LogP contribution in [0.25, 0.3) is 10.2 Å². The lowest BCUT2D eigenvalue weighted by Gasteiger charge is -2.06. The quantitative estimate of drug-likeness (QED) is 0.737. The molecule has 0 aliphatic rings. The average molecular weight is 305 g/mol. The zero-order valence-electron chi connectivity index (χ0n) is 11.1. The fourth-order valence-electron chi connectivity index (χ4n) is 2.03. The number of fused-ring (bicyclic) bond motifs is 1. The van der Waals surface area contributed by atoms with Crippen LogP contribution in [0.5, 0.6) is 0 Å². The van der Waals surface area contributed by atoms with Crippen LogP contribution in [0.4, 0.5) is 0 Å². The van der Waals surface area contributed by atoms with E-state index in [0.717, 1.165) is 23.3 Å². The van der Waals surface area contributed by atoms with Gasteiger partial charge in [0.25, 0.3) is 5.56 Å². The van der Waals surface area contributed by atoms with Crippen molar-refractivity contribution in [3.8, 4) is 0 Å². The van der Waals surface area contributed by atoms with Crippen molar-refractivity contribution in [3.05, 3.63) is 50.0 Å². The first-order valence-electron chi connectivity index (χ1n) is 6.43. The molecule has 1 N–H and O–H groups in total. The van der Waals surface area contributed by atoms with Gasteiger partial charge in [-0.3, -0.25) is 9.36 Å². The highest BCUT2D eigenvalue weighted by molar-refractivity contribution is 7.17. The fraction of sp³-hybridized carbons (Fsp3) is 0.286. The Morgan fingerprint density at radius 3 is 3.05 bits per heavy atom. The number of aryl methyl sites for hydroxylation is 1. The minimum absolute atomic E-state index is 0.0544. The second-order valence-corrected chi connectivity index (χ2v) is 6.86. The Morgan fingerprint density at radius 2 is 2.25 bits per heavy atom. The van der Waals surface area contributed by atoms with Crippen molar-refractivity contribution in [2.24, 2.45) is 0 Å². The van der Waals surface area contributed by atoms with Gasteiger partial charge in [0.15, 0.2) is 0 Å². The summed E-state index contributed by atoms with van der Waals surface area (Å²) in [5.74, 6) is 0. The summed E-state index contributed by atoms with van der Waals surface area (Å²) in [4.78, 5) is 19.1. The van der Waals surface area contributed by atoms with Crippen LogP contribution in [0.3, 0.4) is 0 Å². The summed E-state index contributed by atoms with van der Waals surface area (Å²) in [5.41, 5.74) is 0.844. The van der Waals surface area contributed by atoms with Gasteiger partial charge in [-0.15, -0.1) is 22.7 Å². The first-order chi connectivity index (χ1) is 9.74. The Labute approximate surface area is 124 Å². The Kier molecular flexibility index (Phi) is 3.95. The molecular weight excluding hydrogens is 290 g/mol. The van der Waals surface area contributed by atoms with Crippen LogP contribution in [0, 0.1) is 6.92 Å². The number of hydrogen-bond donors (Lipinski definition) is 1. The fourth-order valence-corrected chi connectivity index (χ4v) is 3.68. The van der Waals surface area contributed by atoms with Crippen molar-refractivity contribution in [3.63, 3.8) is 0 Å². The maximum Gasteiger partial charge on any atom is 0.271 e. The normalized spacial score (nSPS) is 11.2. The highest BCUT2D eigenvalue weighted by atomic mass is 32.1. The second kappa shape index (κ2) is 5.87. The topological polar surface area (TPSA) is 46.9 Å². The van der Waals surface area contributed by atoms with Crippen molar-refractivity contribution in [1.29, 1.82) is 0 Å². The number of aromatic nitrogens is 2. The van der Waals surface area contributed by atoms with E-state index in [9.17, 15) is 4.79 Å². The van der Waals surface area contributed by atoms with E-state index in [0.29, 0.717) is 6.54 Å². The molecule has 0 bridgehead atoms. The Hall–Kier alpha value is -1.50. The van der Waals surface area contributed by atoms with E-state index in [2.05, 4.69) is 29.4 Å². The summed E-state index contributed by atoms with van der Waals surface area (Å²) in [5, 5.41) is 5.26. The monoisotopic (exact) mass is 305 g/mol. The van der Waals surface area contributed by atoms with Gasteiger partial charge in [0.05, 0.1) is 11.8 Å². The first kappa shape index (κ1) is 13.5. The molecule has 0 amide bonds. The van der Waals surface area contributed by atoms with Crippen molar-refractivity contribution < 1.29 is 0 Å². The lowest BCUT2D eigenvalue weighted by Crippen LogP contribution is -2.26. The third-order valence-electron chi connectivity index (χ3n) is 3.06. The van der Waals surface area contributed by atoms with Crippen LogP contribution in [-0.4, -0.2) is 16.1 Å². The largest absolute Gasteiger partial charge is 0.310 e. The lowest BCUT2D eigenvalue weighted by molar-refractivity contribution is 0.585. The van der Waals surface area contributed by atoms with Crippen molar-refractivity contribution >= 4 is 32.9 Å². The SMILES string of the molecule is Cc1ccc(CNCCn2cnc3ccsc3c2=O)s1. The molecule has 20 heavy (non-hydrogen) atoms. The Balaban J connectivity index is 1.59. The molecule has 0 aliphatic carbocycles. The molecule has 0 aromatic carbocycles. The van der Waals surface area contributed by atoms with Crippen LogP contribution < -0.4 is 10.9 Å². The predicted molar refractivity (Wildman–Crippen MR) is 84.6 cm³/mol. The third-order valence-corrected chi connectivity index (χ3v) is 4.95. The standard InChI is InChI=1S/C14H15N3OS2/c1-10-2-3-11(20-10)8-15-5-6-17-9-16-12-4-7-19-13(12)14(17)18/h2-4,7,9,15H,5-6,8H2,1H3. The van der Waals surface area contributed by atoms with E-state index in [-0.39, 0.29) is 5.56 Å². The molecule has 0 saturated carbocycles. The molecule has 0 atom stereocenters. The Morgan fingerprint density at radius 1 is 1.35 bits per heavy atom. The zero-order chi connectivity index (χ0) is 13.9. The lowest BCUT2D eigenvalue weighted by atomic mass is 10.4. The minimum atomic E-state index is 0.0544. The smallest absolute Gasteiger partial charge is 0.271 e. The van der Waals surface area contributed by atoms with E-state index >= 15 is 0 Å². The summed E-state index contributed by atoms with van der Waals surface area (Å²) in [6.07, 6.45) is 1.63. The van der Waals surface area contributed by atoms with E-state index < -0.39 is 0 Å². The van der Waals surface area contributed by atoms with Gasteiger partial charge in [0.2, 0.25) is 0 Å². The number of nitrogens with zero attached hydrogens (tertiary/aromatic N) is 2. The summed E-state index contributed by atoms with van der Waals surface area (Å²) in [6.45, 7) is 4.36. The summed E-state index contributed by atoms with van der Waals surface area (Å²) in [7, 11) is 0. The van der Waals surface area contributed by atoms with Crippen LogP contribution in [0.2, 0.25) is 0 Å². The Bertz CT molecular complexity index is 772. The highest BCUT2D eigenvalue weighted by Gasteiger charge is 2.04. The van der Waals surface area contributed by atoms with E-state index in [1.165, 1.54) is 21.1 Å². The average Bonchev–Trinajstić information content (AvgIpc) is 3.06. The second-order valence-electron chi connectivity index (χ2n) is 4.57. The molecule has 104 valence electrons. The van der Waals surface area contributed by atoms with E-state index in [1.54, 1.807) is 22.2 Å².